The zero-order chi connectivity index (χ0) is 13.4. The lowest BCUT2D eigenvalue weighted by molar-refractivity contribution is 0.0934. The third kappa shape index (κ3) is 2.69. The van der Waals surface area contributed by atoms with E-state index in [1.165, 1.54) is 0 Å². The molecule has 1 fully saturated rings. The van der Waals surface area contributed by atoms with Gasteiger partial charge in [-0.1, -0.05) is 39.0 Å². The Morgan fingerprint density at radius 2 is 1.94 bits per heavy atom. The van der Waals surface area contributed by atoms with Crippen molar-refractivity contribution in [3.63, 3.8) is 0 Å². The summed E-state index contributed by atoms with van der Waals surface area (Å²) in [5.74, 6) is 0.495. The average molecular weight is 266 g/mol. The van der Waals surface area contributed by atoms with Gasteiger partial charge in [-0.2, -0.15) is 0 Å². The average Bonchev–Trinajstić information content (AvgIpc) is 3.08. The van der Waals surface area contributed by atoms with Crippen molar-refractivity contribution in [3.05, 3.63) is 35.4 Å². The van der Waals surface area contributed by atoms with Crippen LogP contribution in [0.15, 0.2) is 24.3 Å². The maximum atomic E-state index is 12.4. The van der Waals surface area contributed by atoms with Gasteiger partial charge in [0.15, 0.2) is 0 Å². The molecule has 1 aliphatic rings. The molecule has 1 amide bonds. The summed E-state index contributed by atoms with van der Waals surface area (Å²) in [5.41, 5.74) is 1.66. The van der Waals surface area contributed by atoms with Crippen LogP contribution >= 0.6 is 11.6 Å². The van der Waals surface area contributed by atoms with Gasteiger partial charge in [0.1, 0.15) is 0 Å². The molecule has 1 aromatic carbocycles. The molecule has 0 unspecified atom stereocenters. The van der Waals surface area contributed by atoms with Gasteiger partial charge in [0.25, 0.3) is 5.91 Å². The van der Waals surface area contributed by atoms with Gasteiger partial charge in [-0.25, -0.2) is 0 Å². The van der Waals surface area contributed by atoms with Gasteiger partial charge in [-0.3, -0.25) is 4.79 Å². The minimum Gasteiger partial charge on any atom is -0.345 e. The van der Waals surface area contributed by atoms with Crippen LogP contribution in [-0.2, 0) is 5.41 Å². The minimum atomic E-state index is -0.149. The van der Waals surface area contributed by atoms with Gasteiger partial charge in [0.05, 0.1) is 5.54 Å². The van der Waals surface area contributed by atoms with Gasteiger partial charge in [-0.05, 0) is 29.9 Å². The number of alkyl halides is 1. The first-order chi connectivity index (χ1) is 8.38. The molecule has 0 atom stereocenters. The number of amides is 1. The molecule has 1 aromatic rings. The van der Waals surface area contributed by atoms with Crippen LogP contribution in [0, 0.1) is 0 Å². The molecule has 2 rings (SSSR count). The van der Waals surface area contributed by atoms with Gasteiger partial charge >= 0.3 is 0 Å². The molecule has 0 aromatic heterocycles. The van der Waals surface area contributed by atoms with Crippen molar-refractivity contribution in [2.75, 3.05) is 5.88 Å². The summed E-state index contributed by atoms with van der Waals surface area (Å²) in [5, 5.41) is 3.07. The maximum absolute atomic E-state index is 12.4. The molecule has 18 heavy (non-hydrogen) atoms. The number of nitrogens with one attached hydrogen (secondary N) is 1. The van der Waals surface area contributed by atoms with Crippen molar-refractivity contribution in [1.29, 1.82) is 0 Å². The fourth-order valence-electron chi connectivity index (χ4n) is 2.09. The lowest BCUT2D eigenvalue weighted by Crippen LogP contribution is -2.39. The fourth-order valence-corrected chi connectivity index (χ4v) is 2.42. The number of benzene rings is 1. The molecule has 98 valence electrons. The quantitative estimate of drug-likeness (QED) is 0.833. The summed E-state index contributed by atoms with van der Waals surface area (Å²) < 4.78 is 0. The van der Waals surface area contributed by atoms with E-state index in [1.54, 1.807) is 0 Å². The van der Waals surface area contributed by atoms with E-state index in [0.717, 1.165) is 24.0 Å². The zero-order valence-electron chi connectivity index (χ0n) is 11.2. The third-order valence-electron chi connectivity index (χ3n) is 3.47. The summed E-state index contributed by atoms with van der Waals surface area (Å²) >= 11 is 5.90. The SMILES string of the molecule is CC(C)(C)c1ccccc1C(=O)NC1(CCl)CC1. The van der Waals surface area contributed by atoms with E-state index in [4.69, 9.17) is 11.6 Å². The monoisotopic (exact) mass is 265 g/mol. The molecule has 0 radical (unpaired) electrons. The van der Waals surface area contributed by atoms with Gasteiger partial charge in [-0.15, -0.1) is 11.6 Å². The first-order valence-corrected chi connectivity index (χ1v) is 6.89. The lowest BCUT2D eigenvalue weighted by Gasteiger charge is -2.23. The highest BCUT2D eigenvalue weighted by Gasteiger charge is 2.43. The standard InChI is InChI=1S/C15H20ClNO/c1-14(2,3)12-7-5-4-6-11(12)13(18)17-15(10-16)8-9-15/h4-7H,8-10H2,1-3H3,(H,17,18). The molecule has 2 nitrogen and oxygen atoms in total. The van der Waals surface area contributed by atoms with Gasteiger partial charge < -0.3 is 5.32 Å². The Balaban J connectivity index is 2.25. The van der Waals surface area contributed by atoms with Crippen LogP contribution in [-0.4, -0.2) is 17.3 Å². The summed E-state index contributed by atoms with van der Waals surface area (Å²) in [6.07, 6.45) is 1.97. The number of carbonyl (C=O) groups is 1. The summed E-state index contributed by atoms with van der Waals surface area (Å²) in [6.45, 7) is 6.36. The molecule has 0 bridgehead atoms. The predicted molar refractivity (Wildman–Crippen MR) is 75.3 cm³/mol. The predicted octanol–water partition coefficient (Wildman–Crippen LogP) is 3.49. The van der Waals surface area contributed by atoms with Crippen LogP contribution in [0.3, 0.4) is 0 Å². The molecule has 0 heterocycles. The number of hydrogen-bond donors (Lipinski definition) is 1. The Labute approximate surface area is 114 Å². The number of halogens is 1. The Morgan fingerprint density at radius 1 is 1.33 bits per heavy atom. The van der Waals surface area contributed by atoms with Crippen LogP contribution in [0.4, 0.5) is 0 Å². The second-order valence-corrected chi connectivity index (χ2v) is 6.43. The molecule has 3 heteroatoms. The van der Waals surface area contributed by atoms with Crippen LogP contribution in [0.1, 0.15) is 49.5 Å². The molecule has 0 aliphatic heterocycles. The van der Waals surface area contributed by atoms with Crippen molar-refractivity contribution in [2.45, 2.75) is 44.6 Å². The van der Waals surface area contributed by atoms with Crippen LogP contribution in [0.5, 0.6) is 0 Å². The van der Waals surface area contributed by atoms with E-state index in [2.05, 4.69) is 26.1 Å². The van der Waals surface area contributed by atoms with E-state index < -0.39 is 0 Å². The minimum absolute atomic E-state index is 0.00123. The highest BCUT2D eigenvalue weighted by atomic mass is 35.5. The Kier molecular flexibility index (Phi) is 3.41. The van der Waals surface area contributed by atoms with Crippen molar-refractivity contribution in [1.82, 2.24) is 5.32 Å². The molecule has 1 aliphatic carbocycles. The van der Waals surface area contributed by atoms with Crippen molar-refractivity contribution >= 4 is 17.5 Å². The first kappa shape index (κ1) is 13.4. The highest BCUT2D eigenvalue weighted by Crippen LogP contribution is 2.37. The molecular weight excluding hydrogens is 246 g/mol. The van der Waals surface area contributed by atoms with E-state index in [9.17, 15) is 4.79 Å². The Morgan fingerprint density at radius 3 is 2.44 bits per heavy atom. The molecule has 1 N–H and O–H groups in total. The van der Waals surface area contributed by atoms with E-state index in [-0.39, 0.29) is 16.9 Å². The third-order valence-corrected chi connectivity index (χ3v) is 3.98. The summed E-state index contributed by atoms with van der Waals surface area (Å²) in [6, 6.07) is 7.80. The second-order valence-electron chi connectivity index (χ2n) is 6.16. The number of hydrogen-bond acceptors (Lipinski definition) is 1. The Hall–Kier alpha value is -1.02. The lowest BCUT2D eigenvalue weighted by atomic mass is 9.83. The van der Waals surface area contributed by atoms with E-state index >= 15 is 0 Å². The van der Waals surface area contributed by atoms with E-state index in [0.29, 0.717) is 5.88 Å². The molecule has 0 saturated heterocycles. The summed E-state index contributed by atoms with van der Waals surface area (Å²) in [4.78, 5) is 12.4. The van der Waals surface area contributed by atoms with Gasteiger partial charge in [0.2, 0.25) is 0 Å². The number of carbonyl (C=O) groups excluding carboxylic acids is 1. The zero-order valence-corrected chi connectivity index (χ0v) is 12.0. The smallest absolute Gasteiger partial charge is 0.252 e. The highest BCUT2D eigenvalue weighted by molar-refractivity contribution is 6.19. The topological polar surface area (TPSA) is 29.1 Å². The van der Waals surface area contributed by atoms with Crippen LogP contribution in [0.2, 0.25) is 0 Å². The second kappa shape index (κ2) is 4.58. The Bertz CT molecular complexity index is 458. The van der Waals surface area contributed by atoms with Crippen molar-refractivity contribution in [3.8, 4) is 0 Å². The van der Waals surface area contributed by atoms with E-state index in [1.807, 2.05) is 24.3 Å². The maximum Gasteiger partial charge on any atom is 0.252 e. The number of rotatable bonds is 3. The first-order valence-electron chi connectivity index (χ1n) is 6.36. The van der Waals surface area contributed by atoms with Gasteiger partial charge in [0, 0.05) is 11.4 Å². The van der Waals surface area contributed by atoms with Crippen molar-refractivity contribution in [2.24, 2.45) is 0 Å². The molecule has 1 saturated carbocycles. The largest absolute Gasteiger partial charge is 0.345 e. The normalized spacial score (nSPS) is 17.3. The van der Waals surface area contributed by atoms with Crippen LogP contribution < -0.4 is 5.32 Å². The van der Waals surface area contributed by atoms with Crippen molar-refractivity contribution < 1.29 is 4.79 Å². The molecular formula is C15H20ClNO. The molecule has 0 spiro atoms. The summed E-state index contributed by atoms with van der Waals surface area (Å²) in [7, 11) is 0. The fraction of sp³-hybridized carbons (Fsp3) is 0.533. The van der Waals surface area contributed by atoms with Crippen LogP contribution in [0.25, 0.3) is 0 Å².